The van der Waals surface area contributed by atoms with Crippen LogP contribution in [0.15, 0.2) is 24.3 Å². The van der Waals surface area contributed by atoms with Gasteiger partial charge in [0.25, 0.3) is 5.91 Å². The maximum atomic E-state index is 12.1. The topological polar surface area (TPSA) is 41.6 Å². The SMILES string of the molecule is C[C@@H]1CN(Cc2ccc(C(=O)NCC(F)(F)F)cc2)C[C@H](C)O1. The molecule has 1 aliphatic heterocycles. The van der Waals surface area contributed by atoms with Crippen LogP contribution >= 0.6 is 0 Å². The Balaban J connectivity index is 1.90. The molecule has 0 aromatic heterocycles. The molecule has 0 radical (unpaired) electrons. The molecular formula is C16H21F3N2O2. The van der Waals surface area contributed by atoms with E-state index >= 15 is 0 Å². The first-order valence-electron chi connectivity index (χ1n) is 7.54. The Labute approximate surface area is 133 Å². The van der Waals surface area contributed by atoms with Gasteiger partial charge in [0.15, 0.2) is 0 Å². The molecule has 0 aliphatic carbocycles. The molecule has 0 unspecified atom stereocenters. The van der Waals surface area contributed by atoms with E-state index in [2.05, 4.69) is 4.90 Å². The molecule has 1 amide bonds. The minimum atomic E-state index is -4.40. The van der Waals surface area contributed by atoms with Crippen LogP contribution in [-0.4, -0.2) is 48.8 Å². The van der Waals surface area contributed by atoms with Gasteiger partial charge < -0.3 is 10.1 Å². The number of nitrogens with zero attached hydrogens (tertiary/aromatic N) is 1. The lowest BCUT2D eigenvalue weighted by atomic mass is 10.1. The second-order valence-corrected chi connectivity index (χ2v) is 5.95. The van der Waals surface area contributed by atoms with Gasteiger partial charge in [-0.25, -0.2) is 0 Å². The van der Waals surface area contributed by atoms with Gasteiger partial charge in [0.2, 0.25) is 0 Å². The molecular weight excluding hydrogens is 309 g/mol. The van der Waals surface area contributed by atoms with Crippen molar-refractivity contribution in [1.29, 1.82) is 0 Å². The van der Waals surface area contributed by atoms with Crippen molar-refractivity contribution in [3.63, 3.8) is 0 Å². The molecule has 0 bridgehead atoms. The van der Waals surface area contributed by atoms with E-state index < -0.39 is 18.6 Å². The minimum Gasteiger partial charge on any atom is -0.373 e. The van der Waals surface area contributed by atoms with E-state index in [1.165, 1.54) is 0 Å². The van der Waals surface area contributed by atoms with E-state index in [9.17, 15) is 18.0 Å². The summed E-state index contributed by atoms with van der Waals surface area (Å²) in [5, 5.41) is 1.86. The lowest BCUT2D eigenvalue weighted by Crippen LogP contribution is -2.44. The third-order valence-corrected chi connectivity index (χ3v) is 3.57. The number of hydrogen-bond donors (Lipinski definition) is 1. The predicted octanol–water partition coefficient (Wildman–Crippen LogP) is 2.59. The maximum absolute atomic E-state index is 12.1. The average molecular weight is 330 g/mol. The van der Waals surface area contributed by atoms with E-state index in [1.807, 2.05) is 19.2 Å². The zero-order valence-electron chi connectivity index (χ0n) is 13.2. The number of amides is 1. The number of morpholine rings is 1. The van der Waals surface area contributed by atoms with E-state index in [0.29, 0.717) is 0 Å². The lowest BCUT2D eigenvalue weighted by Gasteiger charge is -2.35. The van der Waals surface area contributed by atoms with Crippen molar-refractivity contribution < 1.29 is 22.7 Å². The van der Waals surface area contributed by atoms with Crippen LogP contribution in [0.25, 0.3) is 0 Å². The third-order valence-electron chi connectivity index (χ3n) is 3.57. The van der Waals surface area contributed by atoms with Crippen LogP contribution in [0.5, 0.6) is 0 Å². The molecule has 2 rings (SSSR count). The molecule has 1 heterocycles. The summed E-state index contributed by atoms with van der Waals surface area (Å²) in [6, 6.07) is 6.64. The summed E-state index contributed by atoms with van der Waals surface area (Å²) in [4.78, 5) is 13.9. The Bertz CT molecular complexity index is 521. The normalized spacial score (nSPS) is 22.8. The van der Waals surface area contributed by atoms with Crippen molar-refractivity contribution in [2.75, 3.05) is 19.6 Å². The number of carbonyl (C=O) groups is 1. The van der Waals surface area contributed by atoms with Gasteiger partial charge in [-0.2, -0.15) is 13.2 Å². The second kappa shape index (κ2) is 7.31. The molecule has 1 N–H and O–H groups in total. The highest BCUT2D eigenvalue weighted by atomic mass is 19.4. The zero-order valence-corrected chi connectivity index (χ0v) is 13.2. The van der Waals surface area contributed by atoms with E-state index in [4.69, 9.17) is 4.74 Å². The van der Waals surface area contributed by atoms with Crippen molar-refractivity contribution in [2.24, 2.45) is 0 Å². The van der Waals surface area contributed by atoms with Gasteiger partial charge >= 0.3 is 6.18 Å². The van der Waals surface area contributed by atoms with Crippen LogP contribution in [0, 0.1) is 0 Å². The van der Waals surface area contributed by atoms with E-state index in [-0.39, 0.29) is 17.8 Å². The van der Waals surface area contributed by atoms with Crippen LogP contribution in [0.1, 0.15) is 29.8 Å². The number of ether oxygens (including phenoxy) is 1. The Hall–Kier alpha value is -1.60. The first kappa shape index (κ1) is 17.7. The molecule has 1 saturated heterocycles. The molecule has 1 aromatic rings. The number of benzene rings is 1. The van der Waals surface area contributed by atoms with Crippen LogP contribution in [0.3, 0.4) is 0 Å². The molecule has 4 nitrogen and oxygen atoms in total. The zero-order chi connectivity index (χ0) is 17.0. The number of nitrogens with one attached hydrogen (secondary N) is 1. The Morgan fingerprint density at radius 3 is 2.30 bits per heavy atom. The van der Waals surface area contributed by atoms with Gasteiger partial charge in [-0.05, 0) is 31.5 Å². The highest BCUT2D eigenvalue weighted by Gasteiger charge is 2.28. The Morgan fingerprint density at radius 1 is 1.22 bits per heavy atom. The smallest absolute Gasteiger partial charge is 0.373 e. The molecule has 1 fully saturated rings. The number of rotatable bonds is 4. The van der Waals surface area contributed by atoms with Gasteiger partial charge in [-0.1, -0.05) is 12.1 Å². The first-order chi connectivity index (χ1) is 10.7. The second-order valence-electron chi connectivity index (χ2n) is 5.95. The van der Waals surface area contributed by atoms with Crippen LogP contribution in [0.4, 0.5) is 13.2 Å². The standard InChI is InChI=1S/C16H21F3N2O2/c1-11-7-21(8-12(2)23-11)9-13-3-5-14(6-4-13)15(22)20-10-16(17,18)19/h3-6,11-12H,7-10H2,1-2H3,(H,20,22)/t11-,12+. The summed E-state index contributed by atoms with van der Waals surface area (Å²) in [6.45, 7) is 5.11. The Kier molecular flexibility index (Phi) is 5.64. The summed E-state index contributed by atoms with van der Waals surface area (Å²) in [5.41, 5.74) is 1.24. The molecule has 2 atom stereocenters. The Morgan fingerprint density at radius 2 is 1.78 bits per heavy atom. The number of alkyl halides is 3. The molecule has 23 heavy (non-hydrogen) atoms. The van der Waals surface area contributed by atoms with Gasteiger partial charge in [0.05, 0.1) is 12.2 Å². The lowest BCUT2D eigenvalue weighted by molar-refractivity contribution is -0.123. The molecule has 0 spiro atoms. The number of halogens is 3. The van der Waals surface area contributed by atoms with Crippen molar-refractivity contribution in [1.82, 2.24) is 10.2 Å². The summed E-state index contributed by atoms with van der Waals surface area (Å²) < 4.78 is 41.9. The molecule has 1 aromatic carbocycles. The van der Waals surface area contributed by atoms with E-state index in [1.54, 1.807) is 24.3 Å². The quantitative estimate of drug-likeness (QED) is 0.923. The van der Waals surface area contributed by atoms with Gasteiger partial charge in [-0.15, -0.1) is 0 Å². The summed E-state index contributed by atoms with van der Waals surface area (Å²) in [7, 11) is 0. The minimum absolute atomic E-state index is 0.172. The third kappa shape index (κ3) is 5.84. The van der Waals surface area contributed by atoms with Crippen LogP contribution in [-0.2, 0) is 11.3 Å². The highest BCUT2D eigenvalue weighted by Crippen LogP contribution is 2.15. The van der Waals surface area contributed by atoms with E-state index in [0.717, 1.165) is 25.2 Å². The molecule has 7 heteroatoms. The largest absolute Gasteiger partial charge is 0.405 e. The average Bonchev–Trinajstić information content (AvgIpc) is 2.43. The highest BCUT2D eigenvalue weighted by molar-refractivity contribution is 5.94. The molecule has 1 aliphatic rings. The number of carbonyl (C=O) groups excluding carboxylic acids is 1. The first-order valence-corrected chi connectivity index (χ1v) is 7.54. The fourth-order valence-corrected chi connectivity index (χ4v) is 2.72. The monoisotopic (exact) mass is 330 g/mol. The van der Waals surface area contributed by atoms with Crippen molar-refractivity contribution >= 4 is 5.91 Å². The van der Waals surface area contributed by atoms with Crippen molar-refractivity contribution in [2.45, 2.75) is 38.8 Å². The fraction of sp³-hybridized carbons (Fsp3) is 0.562. The molecule has 128 valence electrons. The van der Waals surface area contributed by atoms with Crippen molar-refractivity contribution in [3.8, 4) is 0 Å². The summed E-state index contributed by atoms with van der Waals surface area (Å²) >= 11 is 0. The maximum Gasteiger partial charge on any atom is 0.405 e. The summed E-state index contributed by atoms with van der Waals surface area (Å²) in [5.74, 6) is -0.720. The van der Waals surface area contributed by atoms with Crippen LogP contribution < -0.4 is 5.32 Å². The summed E-state index contributed by atoms with van der Waals surface area (Å²) in [6.07, 6.45) is -4.06. The predicted molar refractivity (Wildman–Crippen MR) is 80.1 cm³/mol. The van der Waals surface area contributed by atoms with Crippen molar-refractivity contribution in [3.05, 3.63) is 35.4 Å². The van der Waals surface area contributed by atoms with Crippen LogP contribution in [0.2, 0.25) is 0 Å². The van der Waals surface area contributed by atoms with Gasteiger partial charge in [0.1, 0.15) is 6.54 Å². The number of hydrogen-bond acceptors (Lipinski definition) is 3. The fourth-order valence-electron chi connectivity index (χ4n) is 2.72. The molecule has 0 saturated carbocycles. The van der Waals surface area contributed by atoms with Gasteiger partial charge in [-0.3, -0.25) is 9.69 Å². The van der Waals surface area contributed by atoms with Gasteiger partial charge in [0, 0.05) is 25.2 Å².